The Morgan fingerprint density at radius 1 is 1.29 bits per heavy atom. The first kappa shape index (κ1) is 15.1. The second-order valence-electron chi connectivity index (χ2n) is 4.37. The molecule has 2 aromatic rings. The van der Waals surface area contributed by atoms with E-state index in [1.54, 1.807) is 25.5 Å². The van der Waals surface area contributed by atoms with Crippen LogP contribution in [0.4, 0.5) is 0 Å². The van der Waals surface area contributed by atoms with E-state index in [1.165, 1.54) is 0 Å². The molecule has 0 saturated carbocycles. The van der Waals surface area contributed by atoms with E-state index < -0.39 is 0 Å². The predicted octanol–water partition coefficient (Wildman–Crippen LogP) is 3.04. The van der Waals surface area contributed by atoms with E-state index in [-0.39, 0.29) is 12.3 Å². The maximum absolute atomic E-state index is 11.7. The van der Waals surface area contributed by atoms with Crippen LogP contribution in [-0.4, -0.2) is 19.2 Å². The molecule has 0 aliphatic rings. The first-order valence-electron chi connectivity index (χ1n) is 6.38. The minimum absolute atomic E-state index is 0.182. The Morgan fingerprint density at radius 3 is 2.71 bits per heavy atom. The molecule has 4 nitrogen and oxygen atoms in total. The van der Waals surface area contributed by atoms with Crippen LogP contribution in [0.2, 0.25) is 5.02 Å². The van der Waals surface area contributed by atoms with Gasteiger partial charge >= 0.3 is 0 Å². The van der Waals surface area contributed by atoms with E-state index in [4.69, 9.17) is 16.3 Å². The van der Waals surface area contributed by atoms with Gasteiger partial charge in [0.15, 0.2) is 0 Å². The normalized spacial score (nSPS) is 10.6. The number of amides is 1. The Kier molecular flexibility index (Phi) is 5.35. The van der Waals surface area contributed by atoms with Crippen molar-refractivity contribution in [2.45, 2.75) is 6.42 Å². The minimum atomic E-state index is -0.182. The second-order valence-corrected chi connectivity index (χ2v) is 4.81. The average molecular weight is 303 g/mol. The maximum atomic E-state index is 11.7. The van der Waals surface area contributed by atoms with Gasteiger partial charge in [0, 0.05) is 5.02 Å². The van der Waals surface area contributed by atoms with Crippen LogP contribution in [0.15, 0.2) is 53.6 Å². The summed E-state index contributed by atoms with van der Waals surface area (Å²) in [6.45, 7) is 0. The Labute approximate surface area is 128 Å². The topological polar surface area (TPSA) is 50.7 Å². The van der Waals surface area contributed by atoms with E-state index in [0.717, 1.165) is 16.9 Å². The molecule has 1 amide bonds. The Balaban J connectivity index is 1.86. The smallest absolute Gasteiger partial charge is 0.244 e. The molecule has 2 rings (SSSR count). The molecule has 0 saturated heterocycles. The number of rotatable bonds is 5. The molecule has 0 fully saturated rings. The fourth-order valence-corrected chi connectivity index (χ4v) is 1.93. The first-order valence-corrected chi connectivity index (χ1v) is 6.75. The van der Waals surface area contributed by atoms with Crippen molar-refractivity contribution in [3.05, 3.63) is 64.7 Å². The fraction of sp³-hybridized carbons (Fsp3) is 0.125. The predicted molar refractivity (Wildman–Crippen MR) is 83.9 cm³/mol. The maximum Gasteiger partial charge on any atom is 0.244 e. The quantitative estimate of drug-likeness (QED) is 0.682. The summed E-state index contributed by atoms with van der Waals surface area (Å²) in [7, 11) is 1.60. The van der Waals surface area contributed by atoms with E-state index in [0.29, 0.717) is 5.02 Å². The average Bonchev–Trinajstić information content (AvgIpc) is 2.48. The highest BCUT2D eigenvalue weighted by atomic mass is 35.5. The molecule has 0 aromatic heterocycles. The zero-order valence-corrected chi connectivity index (χ0v) is 12.3. The van der Waals surface area contributed by atoms with Crippen molar-refractivity contribution < 1.29 is 9.53 Å². The number of benzene rings is 2. The largest absolute Gasteiger partial charge is 0.497 e. The van der Waals surface area contributed by atoms with Crippen LogP contribution < -0.4 is 10.2 Å². The van der Waals surface area contributed by atoms with Crippen LogP contribution in [0.3, 0.4) is 0 Å². The molecule has 0 radical (unpaired) electrons. The molecule has 0 atom stereocenters. The lowest BCUT2D eigenvalue weighted by Crippen LogP contribution is -2.19. The lowest BCUT2D eigenvalue weighted by atomic mass is 10.1. The number of carbonyl (C=O) groups is 1. The zero-order chi connectivity index (χ0) is 15.1. The summed E-state index contributed by atoms with van der Waals surface area (Å²) < 4.78 is 5.06. The molecular weight excluding hydrogens is 288 g/mol. The number of hydrogen-bond donors (Lipinski definition) is 1. The number of ether oxygens (including phenoxy) is 1. The van der Waals surface area contributed by atoms with Gasteiger partial charge in [-0.3, -0.25) is 4.79 Å². The number of hydrazone groups is 1. The van der Waals surface area contributed by atoms with Gasteiger partial charge in [-0.05, 0) is 35.4 Å². The highest BCUT2D eigenvalue weighted by molar-refractivity contribution is 6.30. The number of nitrogens with zero attached hydrogens (tertiary/aromatic N) is 1. The SMILES string of the molecule is COc1ccc(CC(=O)NN=Cc2cccc(Cl)c2)cc1. The standard InChI is InChI=1S/C16H15ClN2O2/c1-21-15-7-5-12(6-8-15)10-16(20)19-18-11-13-3-2-4-14(17)9-13/h2-9,11H,10H2,1H3,(H,19,20). The van der Waals surface area contributed by atoms with Crippen molar-refractivity contribution in [3.8, 4) is 5.75 Å². The summed E-state index contributed by atoms with van der Waals surface area (Å²) >= 11 is 5.86. The third kappa shape index (κ3) is 4.93. The van der Waals surface area contributed by atoms with Gasteiger partial charge in [0.1, 0.15) is 5.75 Å². The summed E-state index contributed by atoms with van der Waals surface area (Å²) in [4.78, 5) is 11.7. The third-order valence-electron chi connectivity index (χ3n) is 2.78. The highest BCUT2D eigenvalue weighted by Gasteiger charge is 2.02. The summed E-state index contributed by atoms with van der Waals surface area (Å²) in [6.07, 6.45) is 1.81. The number of methoxy groups -OCH3 is 1. The van der Waals surface area contributed by atoms with Gasteiger partial charge < -0.3 is 4.74 Å². The van der Waals surface area contributed by atoms with Gasteiger partial charge in [0.25, 0.3) is 0 Å². The molecule has 108 valence electrons. The molecule has 21 heavy (non-hydrogen) atoms. The Bertz CT molecular complexity index is 639. The zero-order valence-electron chi connectivity index (χ0n) is 11.5. The van der Waals surface area contributed by atoms with Crippen molar-refractivity contribution in [1.82, 2.24) is 5.43 Å². The van der Waals surface area contributed by atoms with Crippen molar-refractivity contribution >= 4 is 23.7 Å². The first-order chi connectivity index (χ1) is 10.2. The number of halogens is 1. The van der Waals surface area contributed by atoms with Crippen LogP contribution in [0.1, 0.15) is 11.1 Å². The van der Waals surface area contributed by atoms with E-state index in [2.05, 4.69) is 10.5 Å². The van der Waals surface area contributed by atoms with Crippen LogP contribution in [0.25, 0.3) is 0 Å². The van der Waals surface area contributed by atoms with Crippen LogP contribution >= 0.6 is 11.6 Å². The van der Waals surface area contributed by atoms with E-state index >= 15 is 0 Å². The molecule has 0 heterocycles. The molecule has 0 bridgehead atoms. The Hall–Kier alpha value is -2.33. The van der Waals surface area contributed by atoms with E-state index in [1.807, 2.05) is 36.4 Å². The van der Waals surface area contributed by atoms with Crippen LogP contribution in [-0.2, 0) is 11.2 Å². The van der Waals surface area contributed by atoms with Gasteiger partial charge in [0.2, 0.25) is 5.91 Å². The third-order valence-corrected chi connectivity index (χ3v) is 3.01. The van der Waals surface area contributed by atoms with Crippen molar-refractivity contribution in [2.75, 3.05) is 7.11 Å². The molecule has 5 heteroatoms. The molecule has 0 aliphatic carbocycles. The van der Waals surface area contributed by atoms with Gasteiger partial charge in [0.05, 0.1) is 19.7 Å². The lowest BCUT2D eigenvalue weighted by molar-refractivity contribution is -0.120. The molecule has 2 aromatic carbocycles. The lowest BCUT2D eigenvalue weighted by Gasteiger charge is -2.02. The monoisotopic (exact) mass is 302 g/mol. The molecule has 0 aliphatic heterocycles. The number of hydrogen-bond acceptors (Lipinski definition) is 3. The second kappa shape index (κ2) is 7.45. The summed E-state index contributed by atoms with van der Waals surface area (Å²) in [5, 5.41) is 4.53. The van der Waals surface area contributed by atoms with Gasteiger partial charge in [-0.25, -0.2) is 5.43 Å². The molecule has 0 unspecified atom stereocenters. The van der Waals surface area contributed by atoms with Crippen molar-refractivity contribution in [2.24, 2.45) is 5.10 Å². The summed E-state index contributed by atoms with van der Waals surface area (Å²) in [6, 6.07) is 14.5. The number of carbonyl (C=O) groups excluding carboxylic acids is 1. The molecule has 1 N–H and O–H groups in total. The number of nitrogens with one attached hydrogen (secondary N) is 1. The van der Waals surface area contributed by atoms with Crippen LogP contribution in [0.5, 0.6) is 5.75 Å². The fourth-order valence-electron chi connectivity index (χ4n) is 1.73. The minimum Gasteiger partial charge on any atom is -0.497 e. The van der Waals surface area contributed by atoms with Crippen LogP contribution in [0, 0.1) is 0 Å². The van der Waals surface area contributed by atoms with E-state index in [9.17, 15) is 4.79 Å². The van der Waals surface area contributed by atoms with Gasteiger partial charge in [-0.1, -0.05) is 35.9 Å². The van der Waals surface area contributed by atoms with Gasteiger partial charge in [-0.15, -0.1) is 0 Å². The van der Waals surface area contributed by atoms with Crippen molar-refractivity contribution in [1.29, 1.82) is 0 Å². The van der Waals surface area contributed by atoms with Crippen molar-refractivity contribution in [3.63, 3.8) is 0 Å². The molecular formula is C16H15ClN2O2. The van der Waals surface area contributed by atoms with Gasteiger partial charge in [-0.2, -0.15) is 5.10 Å². The summed E-state index contributed by atoms with van der Waals surface area (Å²) in [5.74, 6) is 0.580. The summed E-state index contributed by atoms with van der Waals surface area (Å²) in [5.41, 5.74) is 4.20. The Morgan fingerprint density at radius 2 is 2.05 bits per heavy atom. The highest BCUT2D eigenvalue weighted by Crippen LogP contribution is 2.11. The molecule has 0 spiro atoms.